The molecule has 2 aromatic heterocycles. The summed E-state index contributed by atoms with van der Waals surface area (Å²) >= 11 is 1.46. The van der Waals surface area contributed by atoms with Gasteiger partial charge in [-0.15, -0.1) is 0 Å². The first-order valence-electron chi connectivity index (χ1n) is 10.6. The molecule has 4 rings (SSSR count). The molecular weight excluding hydrogens is 422 g/mol. The number of methoxy groups -OCH3 is 1. The average Bonchev–Trinajstić information content (AvgIpc) is 3.26. The van der Waals surface area contributed by atoms with E-state index in [4.69, 9.17) is 14.5 Å². The van der Waals surface area contributed by atoms with Gasteiger partial charge in [0.05, 0.1) is 30.5 Å². The summed E-state index contributed by atoms with van der Waals surface area (Å²) in [6, 6.07) is 16.9. The normalized spacial score (nSPS) is 10.8. The Labute approximate surface area is 191 Å². The summed E-state index contributed by atoms with van der Waals surface area (Å²) in [5.41, 5.74) is 2.30. The fraction of sp³-hybridized carbons (Fsp3) is 0.240. The smallest absolute Gasteiger partial charge is 0.260 e. The molecule has 0 bridgehead atoms. The van der Waals surface area contributed by atoms with Crippen molar-refractivity contribution < 1.29 is 14.3 Å². The van der Waals surface area contributed by atoms with Crippen molar-refractivity contribution in [1.29, 1.82) is 0 Å². The number of anilines is 1. The summed E-state index contributed by atoms with van der Waals surface area (Å²) in [5.74, 6) is 1.32. The highest BCUT2D eigenvalue weighted by Gasteiger charge is 2.22. The maximum Gasteiger partial charge on any atom is 0.260 e. The van der Waals surface area contributed by atoms with E-state index in [1.54, 1.807) is 30.5 Å². The highest BCUT2D eigenvalue weighted by Crippen LogP contribution is 2.33. The molecule has 2 aromatic carbocycles. The van der Waals surface area contributed by atoms with Crippen molar-refractivity contribution in [3.8, 4) is 11.5 Å². The minimum atomic E-state index is -0.138. The molecule has 32 heavy (non-hydrogen) atoms. The van der Waals surface area contributed by atoms with E-state index in [-0.39, 0.29) is 5.91 Å². The fourth-order valence-corrected chi connectivity index (χ4v) is 4.24. The zero-order valence-electron chi connectivity index (χ0n) is 18.2. The number of unbranched alkanes of at least 4 members (excludes halogenated alkanes) is 1. The Balaban J connectivity index is 1.68. The molecule has 1 amide bonds. The van der Waals surface area contributed by atoms with Gasteiger partial charge in [-0.05, 0) is 54.4 Å². The van der Waals surface area contributed by atoms with E-state index in [9.17, 15) is 4.79 Å². The number of hydrogen-bond donors (Lipinski definition) is 0. The Morgan fingerprint density at radius 3 is 2.78 bits per heavy atom. The molecule has 6 nitrogen and oxygen atoms in total. The second-order valence-electron chi connectivity index (χ2n) is 7.31. The lowest BCUT2D eigenvalue weighted by Crippen LogP contribution is -2.30. The molecule has 0 saturated heterocycles. The summed E-state index contributed by atoms with van der Waals surface area (Å²) < 4.78 is 12.1. The molecular formula is C25H25N3O3S. The van der Waals surface area contributed by atoms with Crippen molar-refractivity contribution in [3.63, 3.8) is 0 Å². The van der Waals surface area contributed by atoms with Gasteiger partial charge in [-0.3, -0.25) is 14.7 Å². The number of rotatable bonds is 9. The fourth-order valence-electron chi connectivity index (χ4n) is 3.24. The van der Waals surface area contributed by atoms with Crippen molar-refractivity contribution in [2.24, 2.45) is 0 Å². The van der Waals surface area contributed by atoms with Gasteiger partial charge in [0.15, 0.2) is 5.13 Å². The molecule has 0 fully saturated rings. The predicted octanol–water partition coefficient (Wildman–Crippen LogP) is 5.73. The third-order valence-corrected chi connectivity index (χ3v) is 6.01. The minimum absolute atomic E-state index is 0.138. The highest BCUT2D eigenvalue weighted by molar-refractivity contribution is 7.22. The van der Waals surface area contributed by atoms with Gasteiger partial charge in [0.25, 0.3) is 5.91 Å². The summed E-state index contributed by atoms with van der Waals surface area (Å²) in [5, 5.41) is 0.624. The first-order valence-corrected chi connectivity index (χ1v) is 11.4. The van der Waals surface area contributed by atoms with Crippen LogP contribution in [0.25, 0.3) is 10.2 Å². The summed E-state index contributed by atoms with van der Waals surface area (Å²) in [4.78, 5) is 24.2. The second-order valence-corrected chi connectivity index (χ2v) is 8.32. The standard InChI is InChI=1S/C25H25N3O3S/c1-3-4-13-31-21-9-5-8-19(14-21)24(29)28(17-18-7-6-12-26-16-18)25-27-22-11-10-20(30-2)15-23(22)32-25/h5-12,14-16H,3-4,13,17H2,1-2H3. The molecule has 0 radical (unpaired) electrons. The van der Waals surface area contributed by atoms with Crippen LogP contribution in [0.2, 0.25) is 0 Å². The van der Waals surface area contributed by atoms with Crippen molar-refractivity contribution >= 4 is 32.6 Å². The Hall–Kier alpha value is -3.45. The van der Waals surface area contributed by atoms with E-state index in [1.807, 2.05) is 48.5 Å². The Morgan fingerprint density at radius 2 is 2.00 bits per heavy atom. The van der Waals surface area contributed by atoms with Crippen molar-refractivity contribution in [1.82, 2.24) is 9.97 Å². The molecule has 0 spiro atoms. The number of carbonyl (C=O) groups is 1. The number of nitrogens with zero attached hydrogens (tertiary/aromatic N) is 3. The maximum absolute atomic E-state index is 13.6. The summed E-state index contributed by atoms with van der Waals surface area (Å²) in [6.07, 6.45) is 5.51. The number of carbonyl (C=O) groups excluding carboxylic acids is 1. The number of thiazole rings is 1. The molecule has 4 aromatic rings. The average molecular weight is 448 g/mol. The van der Waals surface area contributed by atoms with Gasteiger partial charge in [-0.2, -0.15) is 0 Å². The van der Waals surface area contributed by atoms with Crippen LogP contribution in [0.4, 0.5) is 5.13 Å². The Kier molecular flexibility index (Phi) is 6.97. The monoisotopic (exact) mass is 447 g/mol. The van der Waals surface area contributed by atoms with Gasteiger partial charge >= 0.3 is 0 Å². The number of benzene rings is 2. The van der Waals surface area contributed by atoms with Crippen LogP contribution >= 0.6 is 11.3 Å². The molecule has 7 heteroatoms. The summed E-state index contributed by atoms with van der Waals surface area (Å²) in [6.45, 7) is 3.12. The van der Waals surface area contributed by atoms with Crippen LogP contribution in [0.5, 0.6) is 11.5 Å². The number of aromatic nitrogens is 2. The van der Waals surface area contributed by atoms with Crippen LogP contribution in [-0.4, -0.2) is 29.6 Å². The molecule has 2 heterocycles. The van der Waals surface area contributed by atoms with Crippen LogP contribution in [0.1, 0.15) is 35.7 Å². The lowest BCUT2D eigenvalue weighted by molar-refractivity contribution is 0.0984. The molecule has 164 valence electrons. The zero-order valence-corrected chi connectivity index (χ0v) is 19.0. The molecule has 0 unspecified atom stereocenters. The van der Waals surface area contributed by atoms with Crippen LogP contribution in [0, 0.1) is 0 Å². The summed E-state index contributed by atoms with van der Waals surface area (Å²) in [7, 11) is 1.64. The van der Waals surface area contributed by atoms with Gasteiger partial charge < -0.3 is 9.47 Å². The van der Waals surface area contributed by atoms with E-state index in [0.29, 0.717) is 29.6 Å². The Bertz CT molecular complexity index is 1190. The van der Waals surface area contributed by atoms with Crippen LogP contribution in [0.15, 0.2) is 67.0 Å². The van der Waals surface area contributed by atoms with Gasteiger partial charge in [0, 0.05) is 18.0 Å². The molecule has 0 aliphatic rings. The van der Waals surface area contributed by atoms with E-state index in [2.05, 4.69) is 11.9 Å². The SMILES string of the molecule is CCCCOc1cccc(C(=O)N(Cc2cccnc2)c2nc3ccc(OC)cc3s2)c1. The lowest BCUT2D eigenvalue weighted by atomic mass is 10.1. The quantitative estimate of drug-likeness (QED) is 0.307. The van der Waals surface area contributed by atoms with Gasteiger partial charge in [0.1, 0.15) is 11.5 Å². The second kappa shape index (κ2) is 10.2. The molecule has 0 atom stereocenters. The first kappa shape index (κ1) is 21.8. The van der Waals surface area contributed by atoms with Crippen LogP contribution in [0.3, 0.4) is 0 Å². The van der Waals surface area contributed by atoms with E-state index in [0.717, 1.165) is 34.4 Å². The van der Waals surface area contributed by atoms with E-state index in [1.165, 1.54) is 11.3 Å². The van der Waals surface area contributed by atoms with Gasteiger partial charge in [0.2, 0.25) is 0 Å². The number of hydrogen-bond acceptors (Lipinski definition) is 6. The zero-order chi connectivity index (χ0) is 22.3. The topological polar surface area (TPSA) is 64.5 Å². The molecule has 0 aliphatic heterocycles. The number of ether oxygens (including phenoxy) is 2. The number of fused-ring (bicyclic) bond motifs is 1. The molecule has 0 saturated carbocycles. The van der Waals surface area contributed by atoms with Crippen LogP contribution in [-0.2, 0) is 6.54 Å². The first-order chi connectivity index (χ1) is 15.7. The van der Waals surface area contributed by atoms with Crippen molar-refractivity contribution in [2.45, 2.75) is 26.3 Å². The van der Waals surface area contributed by atoms with Crippen molar-refractivity contribution in [3.05, 3.63) is 78.1 Å². The third-order valence-electron chi connectivity index (χ3n) is 4.97. The van der Waals surface area contributed by atoms with Crippen molar-refractivity contribution in [2.75, 3.05) is 18.6 Å². The van der Waals surface area contributed by atoms with Crippen LogP contribution < -0.4 is 14.4 Å². The number of amides is 1. The van der Waals surface area contributed by atoms with Gasteiger partial charge in [-0.25, -0.2) is 4.98 Å². The molecule has 0 aliphatic carbocycles. The van der Waals surface area contributed by atoms with E-state index < -0.39 is 0 Å². The maximum atomic E-state index is 13.6. The lowest BCUT2D eigenvalue weighted by Gasteiger charge is -2.20. The molecule has 0 N–H and O–H groups in total. The number of pyridine rings is 1. The van der Waals surface area contributed by atoms with Gasteiger partial charge in [-0.1, -0.05) is 36.8 Å². The third kappa shape index (κ3) is 5.06. The van der Waals surface area contributed by atoms with E-state index >= 15 is 0 Å². The Morgan fingerprint density at radius 1 is 1.09 bits per heavy atom. The largest absolute Gasteiger partial charge is 0.497 e. The minimum Gasteiger partial charge on any atom is -0.497 e. The highest BCUT2D eigenvalue weighted by atomic mass is 32.1. The predicted molar refractivity (Wildman–Crippen MR) is 128 cm³/mol.